The summed E-state index contributed by atoms with van der Waals surface area (Å²) in [5.41, 5.74) is 2.07. The number of rotatable bonds is 4. The first-order chi connectivity index (χ1) is 10.6. The Morgan fingerprint density at radius 1 is 1.14 bits per heavy atom. The van der Waals surface area contributed by atoms with Crippen LogP contribution in [0.25, 0.3) is 5.69 Å². The molecule has 0 aliphatic heterocycles. The molecule has 22 heavy (non-hydrogen) atoms. The van der Waals surface area contributed by atoms with E-state index >= 15 is 0 Å². The van der Waals surface area contributed by atoms with Crippen LogP contribution in [0.2, 0.25) is 5.02 Å². The Labute approximate surface area is 134 Å². The highest BCUT2D eigenvalue weighted by Gasteiger charge is 2.14. The van der Waals surface area contributed by atoms with Crippen LogP contribution in [0, 0.1) is 0 Å². The average Bonchev–Trinajstić information content (AvgIpc) is 2.93. The second-order valence-electron chi connectivity index (χ2n) is 5.47. The molecule has 0 N–H and O–H groups in total. The zero-order valence-electron chi connectivity index (χ0n) is 12.6. The van der Waals surface area contributed by atoms with Gasteiger partial charge in [-0.2, -0.15) is 5.10 Å². The van der Waals surface area contributed by atoms with Gasteiger partial charge in [-0.05, 0) is 35.9 Å². The van der Waals surface area contributed by atoms with Gasteiger partial charge >= 0.3 is 0 Å². The van der Waals surface area contributed by atoms with Crippen molar-refractivity contribution in [3.63, 3.8) is 0 Å². The van der Waals surface area contributed by atoms with Crippen LogP contribution in [0.15, 0.2) is 48.8 Å². The van der Waals surface area contributed by atoms with Crippen molar-refractivity contribution >= 4 is 11.6 Å². The molecule has 0 spiro atoms. The lowest BCUT2D eigenvalue weighted by molar-refractivity contribution is 0.749. The summed E-state index contributed by atoms with van der Waals surface area (Å²) in [6.45, 7) is 4.19. The summed E-state index contributed by atoms with van der Waals surface area (Å²) in [5, 5.41) is 5.36. The normalized spacial score (nSPS) is 11.1. The van der Waals surface area contributed by atoms with E-state index in [1.165, 1.54) is 0 Å². The van der Waals surface area contributed by atoms with Gasteiger partial charge in [-0.15, -0.1) is 0 Å². The second-order valence-corrected chi connectivity index (χ2v) is 5.90. The van der Waals surface area contributed by atoms with Crippen molar-refractivity contribution in [1.82, 2.24) is 19.7 Å². The molecule has 0 saturated carbocycles. The zero-order valence-corrected chi connectivity index (χ0v) is 13.3. The third-order valence-electron chi connectivity index (χ3n) is 3.36. The van der Waals surface area contributed by atoms with Crippen molar-refractivity contribution in [2.45, 2.75) is 26.2 Å². The summed E-state index contributed by atoms with van der Waals surface area (Å²) in [6.07, 6.45) is 4.32. The van der Waals surface area contributed by atoms with E-state index in [0.29, 0.717) is 11.4 Å². The SMILES string of the molecule is CC(C)c1nc(Cc2cccnc2)n(-c2ccc(Cl)cc2)n1. The van der Waals surface area contributed by atoms with Crippen LogP contribution in [-0.2, 0) is 6.42 Å². The van der Waals surface area contributed by atoms with E-state index < -0.39 is 0 Å². The fourth-order valence-electron chi connectivity index (χ4n) is 2.20. The summed E-state index contributed by atoms with van der Waals surface area (Å²) < 4.78 is 1.89. The van der Waals surface area contributed by atoms with Crippen LogP contribution in [0.5, 0.6) is 0 Å². The molecule has 4 nitrogen and oxygen atoms in total. The first-order valence-electron chi connectivity index (χ1n) is 7.24. The van der Waals surface area contributed by atoms with Gasteiger partial charge in [0.1, 0.15) is 5.82 Å². The third-order valence-corrected chi connectivity index (χ3v) is 3.62. The monoisotopic (exact) mass is 312 g/mol. The second kappa shape index (κ2) is 6.28. The molecule has 0 saturated heterocycles. The van der Waals surface area contributed by atoms with E-state index in [0.717, 1.165) is 22.9 Å². The van der Waals surface area contributed by atoms with E-state index in [9.17, 15) is 0 Å². The molecule has 0 fully saturated rings. The van der Waals surface area contributed by atoms with Crippen LogP contribution in [0.4, 0.5) is 0 Å². The molecule has 1 aromatic carbocycles. The first-order valence-corrected chi connectivity index (χ1v) is 7.62. The molecule has 0 bridgehead atoms. The van der Waals surface area contributed by atoms with E-state index in [4.69, 9.17) is 16.6 Å². The maximum Gasteiger partial charge on any atom is 0.153 e. The average molecular weight is 313 g/mol. The number of halogens is 1. The zero-order chi connectivity index (χ0) is 15.5. The van der Waals surface area contributed by atoms with Crippen molar-refractivity contribution < 1.29 is 0 Å². The standard InChI is InChI=1S/C17H17ClN4/c1-12(2)17-20-16(10-13-4-3-9-19-11-13)22(21-17)15-7-5-14(18)6-8-15/h3-9,11-12H,10H2,1-2H3. The Hall–Kier alpha value is -2.20. The van der Waals surface area contributed by atoms with E-state index in [1.807, 2.05) is 47.3 Å². The molecule has 0 radical (unpaired) electrons. The molecular weight excluding hydrogens is 296 g/mol. The van der Waals surface area contributed by atoms with Crippen LogP contribution in [-0.4, -0.2) is 19.7 Å². The van der Waals surface area contributed by atoms with Crippen molar-refractivity contribution in [3.05, 3.63) is 71.0 Å². The van der Waals surface area contributed by atoms with Gasteiger partial charge in [-0.1, -0.05) is 31.5 Å². The molecule has 112 valence electrons. The van der Waals surface area contributed by atoms with Gasteiger partial charge in [0.2, 0.25) is 0 Å². The third kappa shape index (κ3) is 3.17. The molecule has 0 amide bonds. The summed E-state index contributed by atoms with van der Waals surface area (Å²) >= 11 is 5.97. The molecular formula is C17H17ClN4. The fraction of sp³-hybridized carbons (Fsp3) is 0.235. The van der Waals surface area contributed by atoms with Crippen molar-refractivity contribution in [2.24, 2.45) is 0 Å². The van der Waals surface area contributed by atoms with Crippen LogP contribution in [0.1, 0.15) is 37.0 Å². The lowest BCUT2D eigenvalue weighted by Gasteiger charge is -2.06. The van der Waals surface area contributed by atoms with Crippen LogP contribution >= 0.6 is 11.6 Å². The summed E-state index contributed by atoms with van der Waals surface area (Å²) in [6, 6.07) is 11.6. The summed E-state index contributed by atoms with van der Waals surface area (Å²) in [7, 11) is 0. The smallest absolute Gasteiger partial charge is 0.153 e. The number of hydrogen-bond donors (Lipinski definition) is 0. The Bertz CT molecular complexity index is 748. The van der Waals surface area contributed by atoms with Crippen molar-refractivity contribution in [3.8, 4) is 5.69 Å². The molecule has 0 unspecified atom stereocenters. The lowest BCUT2D eigenvalue weighted by atomic mass is 10.2. The Balaban J connectivity index is 2.02. The van der Waals surface area contributed by atoms with E-state index in [1.54, 1.807) is 6.20 Å². The first kappa shape index (κ1) is 14.7. The Morgan fingerprint density at radius 2 is 1.91 bits per heavy atom. The van der Waals surface area contributed by atoms with E-state index in [2.05, 4.69) is 23.9 Å². The highest BCUT2D eigenvalue weighted by Crippen LogP contribution is 2.19. The van der Waals surface area contributed by atoms with Crippen LogP contribution < -0.4 is 0 Å². The molecule has 0 aliphatic rings. The number of aromatic nitrogens is 4. The van der Waals surface area contributed by atoms with Crippen molar-refractivity contribution in [2.75, 3.05) is 0 Å². The molecule has 0 aliphatic carbocycles. The molecule has 0 atom stereocenters. The minimum absolute atomic E-state index is 0.279. The predicted octanol–water partition coefficient (Wildman–Crippen LogP) is 4.03. The lowest BCUT2D eigenvalue weighted by Crippen LogP contribution is -2.04. The number of pyridine rings is 1. The van der Waals surface area contributed by atoms with Gasteiger partial charge in [0.15, 0.2) is 5.82 Å². The van der Waals surface area contributed by atoms with Gasteiger partial charge < -0.3 is 0 Å². The number of nitrogens with zero attached hydrogens (tertiary/aromatic N) is 4. The van der Waals surface area contributed by atoms with Gasteiger partial charge in [-0.3, -0.25) is 4.98 Å². The Kier molecular flexibility index (Phi) is 4.20. The van der Waals surface area contributed by atoms with E-state index in [-0.39, 0.29) is 5.92 Å². The highest BCUT2D eigenvalue weighted by molar-refractivity contribution is 6.30. The topological polar surface area (TPSA) is 43.6 Å². The van der Waals surface area contributed by atoms with Gasteiger partial charge in [-0.25, -0.2) is 9.67 Å². The summed E-state index contributed by atoms with van der Waals surface area (Å²) in [4.78, 5) is 8.86. The predicted molar refractivity (Wildman–Crippen MR) is 87.5 cm³/mol. The molecule has 5 heteroatoms. The van der Waals surface area contributed by atoms with Crippen LogP contribution in [0.3, 0.4) is 0 Å². The molecule has 2 aromatic heterocycles. The maximum absolute atomic E-state index is 5.97. The molecule has 3 rings (SSSR count). The minimum atomic E-state index is 0.279. The van der Waals surface area contributed by atoms with Gasteiger partial charge in [0, 0.05) is 29.8 Å². The number of benzene rings is 1. The maximum atomic E-state index is 5.97. The minimum Gasteiger partial charge on any atom is -0.264 e. The summed E-state index contributed by atoms with van der Waals surface area (Å²) in [5.74, 6) is 2.02. The van der Waals surface area contributed by atoms with Gasteiger partial charge in [0.25, 0.3) is 0 Å². The fourth-order valence-corrected chi connectivity index (χ4v) is 2.32. The Morgan fingerprint density at radius 3 is 2.55 bits per heavy atom. The van der Waals surface area contributed by atoms with Gasteiger partial charge in [0.05, 0.1) is 5.69 Å². The highest BCUT2D eigenvalue weighted by atomic mass is 35.5. The molecule has 2 heterocycles. The van der Waals surface area contributed by atoms with Crippen molar-refractivity contribution in [1.29, 1.82) is 0 Å². The quantitative estimate of drug-likeness (QED) is 0.730. The molecule has 3 aromatic rings. The largest absolute Gasteiger partial charge is 0.264 e. The number of hydrogen-bond acceptors (Lipinski definition) is 3.